The van der Waals surface area contributed by atoms with E-state index in [9.17, 15) is 14.4 Å². The number of nitriles is 1. The summed E-state index contributed by atoms with van der Waals surface area (Å²) in [5, 5.41) is 15.6. The summed E-state index contributed by atoms with van der Waals surface area (Å²) in [5.74, 6) is -1.07. The number of hydrogen-bond acceptors (Lipinski definition) is 5. The zero-order chi connectivity index (χ0) is 20.1. The van der Waals surface area contributed by atoms with Crippen LogP contribution in [0.3, 0.4) is 0 Å². The van der Waals surface area contributed by atoms with E-state index in [1.807, 2.05) is 30.3 Å². The Labute approximate surface area is 164 Å². The Balaban J connectivity index is 1.52. The molecule has 2 fully saturated rings. The van der Waals surface area contributed by atoms with E-state index in [1.54, 1.807) is 6.92 Å². The van der Waals surface area contributed by atoms with E-state index in [2.05, 4.69) is 22.1 Å². The van der Waals surface area contributed by atoms with Crippen molar-refractivity contribution in [2.24, 2.45) is 5.92 Å². The number of benzene rings is 1. The number of hydrazine groups is 1. The molecule has 0 radical (unpaired) electrons. The Morgan fingerprint density at radius 1 is 1.32 bits per heavy atom. The highest BCUT2D eigenvalue weighted by molar-refractivity contribution is 6.07. The molecule has 1 aromatic rings. The molecule has 1 aliphatic heterocycles. The van der Waals surface area contributed by atoms with Crippen molar-refractivity contribution in [2.75, 3.05) is 6.54 Å². The van der Waals surface area contributed by atoms with E-state index >= 15 is 0 Å². The summed E-state index contributed by atoms with van der Waals surface area (Å²) >= 11 is 0. The number of carbonyl (C=O) groups is 3. The monoisotopic (exact) mass is 383 g/mol. The highest BCUT2D eigenvalue weighted by Gasteiger charge is 2.48. The van der Waals surface area contributed by atoms with Crippen molar-refractivity contribution in [3.05, 3.63) is 35.9 Å². The Hall–Kier alpha value is -2.92. The second-order valence-electron chi connectivity index (χ2n) is 7.58. The van der Waals surface area contributed by atoms with Gasteiger partial charge in [-0.15, -0.1) is 0 Å². The van der Waals surface area contributed by atoms with Crippen molar-refractivity contribution >= 4 is 17.8 Å². The highest BCUT2D eigenvalue weighted by Crippen LogP contribution is 2.25. The van der Waals surface area contributed by atoms with Gasteiger partial charge in [-0.1, -0.05) is 36.8 Å². The van der Waals surface area contributed by atoms with Gasteiger partial charge in [-0.05, 0) is 38.2 Å². The number of rotatable bonds is 7. The van der Waals surface area contributed by atoms with E-state index in [0.29, 0.717) is 12.8 Å². The predicted molar refractivity (Wildman–Crippen MR) is 101 cm³/mol. The lowest BCUT2D eigenvalue weighted by Crippen LogP contribution is -2.51. The summed E-state index contributed by atoms with van der Waals surface area (Å²) in [4.78, 5) is 37.1. The third kappa shape index (κ3) is 4.31. The van der Waals surface area contributed by atoms with Gasteiger partial charge < -0.3 is 10.6 Å². The van der Waals surface area contributed by atoms with Crippen molar-refractivity contribution in [2.45, 2.75) is 50.6 Å². The van der Waals surface area contributed by atoms with Gasteiger partial charge in [-0.3, -0.25) is 15.0 Å². The van der Waals surface area contributed by atoms with Gasteiger partial charge in [0.1, 0.15) is 5.54 Å². The highest BCUT2D eigenvalue weighted by atomic mass is 16.2. The summed E-state index contributed by atoms with van der Waals surface area (Å²) in [6, 6.07) is 11.3. The lowest BCUT2D eigenvalue weighted by Gasteiger charge is -2.22. The number of nitrogens with one attached hydrogen (secondary N) is 3. The van der Waals surface area contributed by atoms with Gasteiger partial charge in [0, 0.05) is 6.04 Å². The van der Waals surface area contributed by atoms with Crippen LogP contribution in [0, 0.1) is 17.2 Å². The number of aryl methyl sites for hydroxylation is 1. The molecule has 8 nitrogen and oxygen atoms in total. The maximum absolute atomic E-state index is 12.7. The molecule has 1 heterocycles. The summed E-state index contributed by atoms with van der Waals surface area (Å²) in [6.45, 7) is 1.61. The quantitative estimate of drug-likeness (QED) is 0.613. The third-order valence-electron chi connectivity index (χ3n) is 5.46. The largest absolute Gasteiger partial charge is 0.344 e. The summed E-state index contributed by atoms with van der Waals surface area (Å²) < 4.78 is 0. The molecule has 2 aliphatic rings. The number of carbonyl (C=O) groups excluding carboxylic acids is 3. The van der Waals surface area contributed by atoms with Crippen molar-refractivity contribution in [3.63, 3.8) is 0 Å². The van der Waals surface area contributed by atoms with Crippen molar-refractivity contribution < 1.29 is 14.4 Å². The van der Waals surface area contributed by atoms with Crippen LogP contribution >= 0.6 is 0 Å². The normalized spacial score (nSPS) is 26.8. The van der Waals surface area contributed by atoms with Crippen LogP contribution < -0.4 is 16.1 Å². The van der Waals surface area contributed by atoms with Crippen LogP contribution in [0.4, 0.5) is 4.79 Å². The van der Waals surface area contributed by atoms with Crippen LogP contribution in [0.2, 0.25) is 0 Å². The summed E-state index contributed by atoms with van der Waals surface area (Å²) in [7, 11) is 0. The molecule has 1 aromatic carbocycles. The molecule has 1 saturated carbocycles. The SMILES string of the molecule is C[C@]1(CCc2ccccc2)NC(=O)N(NC(=O)CN[C@H]2CCC[C@@H]2C#N)C1=O. The summed E-state index contributed by atoms with van der Waals surface area (Å²) in [6.07, 6.45) is 3.67. The molecule has 0 aromatic heterocycles. The van der Waals surface area contributed by atoms with Gasteiger partial charge in [-0.2, -0.15) is 10.3 Å². The maximum atomic E-state index is 12.7. The molecule has 0 spiro atoms. The molecule has 0 unspecified atom stereocenters. The van der Waals surface area contributed by atoms with E-state index in [1.165, 1.54) is 0 Å². The molecule has 4 amide bonds. The molecule has 3 atom stereocenters. The first kappa shape index (κ1) is 19.8. The molecular formula is C20H25N5O3. The average Bonchev–Trinajstić information content (AvgIpc) is 3.24. The standard InChI is InChI=1S/C20H25N5O3/c1-20(11-10-14-6-3-2-4-7-14)18(27)25(19(28)23-20)24-17(26)13-22-16-9-5-8-15(16)12-21/h2-4,6-7,15-16,22H,5,8-11,13H2,1H3,(H,23,28)(H,24,26)/t15-,16+,20-/m1/s1. The maximum Gasteiger partial charge on any atom is 0.344 e. The molecule has 3 N–H and O–H groups in total. The van der Waals surface area contributed by atoms with Gasteiger partial charge in [0.15, 0.2) is 0 Å². The fraction of sp³-hybridized carbons (Fsp3) is 0.500. The fourth-order valence-corrected chi connectivity index (χ4v) is 3.74. The van der Waals surface area contributed by atoms with Crippen LogP contribution in [0.1, 0.15) is 38.2 Å². The van der Waals surface area contributed by atoms with E-state index in [4.69, 9.17) is 5.26 Å². The Morgan fingerprint density at radius 2 is 2.07 bits per heavy atom. The molecule has 1 saturated heterocycles. The second kappa shape index (κ2) is 8.40. The van der Waals surface area contributed by atoms with Crippen LogP contribution in [-0.2, 0) is 16.0 Å². The molecular weight excluding hydrogens is 358 g/mol. The van der Waals surface area contributed by atoms with Crippen molar-refractivity contribution in [1.82, 2.24) is 21.1 Å². The summed E-state index contributed by atoms with van der Waals surface area (Å²) in [5.41, 5.74) is 2.38. The number of nitrogens with zero attached hydrogens (tertiary/aromatic N) is 2. The fourth-order valence-electron chi connectivity index (χ4n) is 3.74. The van der Waals surface area contributed by atoms with Crippen LogP contribution in [0.15, 0.2) is 30.3 Å². The van der Waals surface area contributed by atoms with Gasteiger partial charge in [0.2, 0.25) is 0 Å². The van der Waals surface area contributed by atoms with Gasteiger partial charge in [-0.25, -0.2) is 4.79 Å². The third-order valence-corrected chi connectivity index (χ3v) is 5.46. The number of hydrogen-bond donors (Lipinski definition) is 3. The number of imide groups is 1. The molecule has 8 heteroatoms. The Kier molecular flexibility index (Phi) is 5.95. The van der Waals surface area contributed by atoms with Gasteiger partial charge >= 0.3 is 6.03 Å². The number of urea groups is 1. The average molecular weight is 383 g/mol. The van der Waals surface area contributed by atoms with Crippen molar-refractivity contribution in [3.8, 4) is 6.07 Å². The van der Waals surface area contributed by atoms with Crippen LogP contribution in [-0.4, -0.2) is 41.0 Å². The zero-order valence-corrected chi connectivity index (χ0v) is 15.9. The topological polar surface area (TPSA) is 114 Å². The lowest BCUT2D eigenvalue weighted by molar-refractivity contribution is -0.138. The predicted octanol–water partition coefficient (Wildman–Crippen LogP) is 1.24. The minimum Gasteiger partial charge on any atom is -0.322 e. The smallest absolute Gasteiger partial charge is 0.322 e. The first-order chi connectivity index (χ1) is 13.4. The van der Waals surface area contributed by atoms with Crippen molar-refractivity contribution in [1.29, 1.82) is 5.26 Å². The lowest BCUT2D eigenvalue weighted by atomic mass is 9.93. The zero-order valence-electron chi connectivity index (χ0n) is 15.9. The molecule has 148 valence electrons. The second-order valence-corrected chi connectivity index (χ2v) is 7.58. The van der Waals surface area contributed by atoms with E-state index < -0.39 is 23.4 Å². The van der Waals surface area contributed by atoms with Crippen LogP contribution in [0.5, 0.6) is 0 Å². The van der Waals surface area contributed by atoms with Gasteiger partial charge in [0.25, 0.3) is 11.8 Å². The first-order valence-electron chi connectivity index (χ1n) is 9.56. The molecule has 28 heavy (non-hydrogen) atoms. The van der Waals surface area contributed by atoms with E-state index in [-0.39, 0.29) is 18.5 Å². The molecule has 1 aliphatic carbocycles. The molecule has 3 rings (SSSR count). The number of amides is 4. The minimum atomic E-state index is -1.06. The molecule has 0 bridgehead atoms. The first-order valence-corrected chi connectivity index (χ1v) is 9.56. The Bertz CT molecular complexity index is 791. The van der Waals surface area contributed by atoms with Crippen LogP contribution in [0.25, 0.3) is 0 Å². The van der Waals surface area contributed by atoms with Gasteiger partial charge in [0.05, 0.1) is 18.5 Å². The minimum absolute atomic E-state index is 0.0324. The van der Waals surface area contributed by atoms with E-state index in [0.717, 1.165) is 29.8 Å². The Morgan fingerprint density at radius 3 is 2.79 bits per heavy atom.